The first-order valence-corrected chi connectivity index (χ1v) is 7.03. The standard InChI is InChI=1S/C18H17NO2/c1-13-16(20)19(2)17(21)18(13,14-9-5-3-6-10-14)15-11-7-4-8-12-15/h3-13H,1-2H3. The van der Waals surface area contributed by atoms with Gasteiger partial charge in [0.1, 0.15) is 5.41 Å². The zero-order valence-electron chi connectivity index (χ0n) is 12.1. The maximum Gasteiger partial charge on any atom is 0.244 e. The summed E-state index contributed by atoms with van der Waals surface area (Å²) in [5.41, 5.74) is 0.812. The van der Waals surface area contributed by atoms with E-state index in [4.69, 9.17) is 0 Å². The van der Waals surface area contributed by atoms with Gasteiger partial charge in [0.2, 0.25) is 11.8 Å². The monoisotopic (exact) mass is 279 g/mol. The van der Waals surface area contributed by atoms with Crippen LogP contribution in [-0.2, 0) is 15.0 Å². The normalized spacial score (nSPS) is 20.9. The third-order valence-electron chi connectivity index (χ3n) is 4.45. The maximum absolute atomic E-state index is 13.0. The van der Waals surface area contributed by atoms with Crippen LogP contribution in [0, 0.1) is 5.92 Å². The molecule has 0 N–H and O–H groups in total. The molecule has 1 aliphatic rings. The molecule has 1 saturated heterocycles. The minimum Gasteiger partial charge on any atom is -0.284 e. The second kappa shape index (κ2) is 4.85. The second-order valence-corrected chi connectivity index (χ2v) is 5.46. The van der Waals surface area contributed by atoms with Crippen LogP contribution >= 0.6 is 0 Å². The highest BCUT2D eigenvalue weighted by atomic mass is 16.2. The number of rotatable bonds is 2. The van der Waals surface area contributed by atoms with Crippen molar-refractivity contribution in [1.29, 1.82) is 0 Å². The average Bonchev–Trinajstić information content (AvgIpc) is 2.71. The number of likely N-dealkylation sites (N-methyl/N-ethyl adjacent to an activating group) is 1. The topological polar surface area (TPSA) is 37.4 Å². The summed E-state index contributed by atoms with van der Waals surface area (Å²) < 4.78 is 0. The molecule has 0 aromatic heterocycles. The molecule has 3 heteroatoms. The Balaban J connectivity index is 2.32. The van der Waals surface area contributed by atoms with Crippen LogP contribution in [0.2, 0.25) is 0 Å². The van der Waals surface area contributed by atoms with Crippen molar-refractivity contribution in [2.45, 2.75) is 12.3 Å². The van der Waals surface area contributed by atoms with Crippen molar-refractivity contribution >= 4 is 11.8 Å². The van der Waals surface area contributed by atoms with Crippen LogP contribution in [0.25, 0.3) is 0 Å². The number of nitrogens with zero attached hydrogens (tertiary/aromatic N) is 1. The summed E-state index contributed by atoms with van der Waals surface area (Å²) in [6, 6.07) is 19.1. The first kappa shape index (κ1) is 13.6. The van der Waals surface area contributed by atoms with Gasteiger partial charge in [-0.2, -0.15) is 0 Å². The highest BCUT2D eigenvalue weighted by Gasteiger charge is 2.57. The Morgan fingerprint density at radius 3 is 1.62 bits per heavy atom. The fourth-order valence-electron chi connectivity index (χ4n) is 3.34. The third kappa shape index (κ3) is 1.74. The molecule has 106 valence electrons. The van der Waals surface area contributed by atoms with Gasteiger partial charge in [0, 0.05) is 7.05 Å². The van der Waals surface area contributed by atoms with E-state index in [1.165, 1.54) is 4.90 Å². The van der Waals surface area contributed by atoms with Crippen molar-refractivity contribution < 1.29 is 9.59 Å². The molecule has 0 saturated carbocycles. The molecule has 21 heavy (non-hydrogen) atoms. The average molecular weight is 279 g/mol. The summed E-state index contributed by atoms with van der Waals surface area (Å²) in [5, 5.41) is 0. The molecule has 3 rings (SSSR count). The predicted molar refractivity (Wildman–Crippen MR) is 80.6 cm³/mol. The molecule has 1 fully saturated rings. The zero-order chi connectivity index (χ0) is 15.0. The molecular formula is C18H17NO2. The number of amides is 2. The summed E-state index contributed by atoms with van der Waals surface area (Å²) in [4.78, 5) is 26.6. The summed E-state index contributed by atoms with van der Waals surface area (Å²) in [5.74, 6) is -0.704. The minimum atomic E-state index is -0.922. The lowest BCUT2D eigenvalue weighted by Gasteiger charge is -2.31. The Morgan fingerprint density at radius 1 is 0.857 bits per heavy atom. The van der Waals surface area contributed by atoms with Crippen molar-refractivity contribution in [3.63, 3.8) is 0 Å². The van der Waals surface area contributed by atoms with E-state index in [1.807, 2.05) is 67.6 Å². The first-order valence-electron chi connectivity index (χ1n) is 7.03. The van der Waals surface area contributed by atoms with Gasteiger partial charge in [-0.15, -0.1) is 0 Å². The number of hydrogen-bond donors (Lipinski definition) is 0. The largest absolute Gasteiger partial charge is 0.284 e. The minimum absolute atomic E-state index is 0.132. The van der Waals surface area contributed by atoms with Crippen LogP contribution in [0.5, 0.6) is 0 Å². The SMILES string of the molecule is CC1C(=O)N(C)C(=O)C1(c1ccccc1)c1ccccc1. The van der Waals surface area contributed by atoms with Crippen LogP contribution in [0.4, 0.5) is 0 Å². The van der Waals surface area contributed by atoms with Crippen LogP contribution in [0.15, 0.2) is 60.7 Å². The molecule has 1 heterocycles. The van der Waals surface area contributed by atoms with Gasteiger partial charge >= 0.3 is 0 Å². The smallest absolute Gasteiger partial charge is 0.244 e. The van der Waals surface area contributed by atoms with Gasteiger partial charge in [-0.3, -0.25) is 14.5 Å². The quantitative estimate of drug-likeness (QED) is 0.792. The van der Waals surface area contributed by atoms with Crippen LogP contribution in [0.1, 0.15) is 18.1 Å². The van der Waals surface area contributed by atoms with E-state index in [0.29, 0.717) is 0 Å². The van der Waals surface area contributed by atoms with Crippen molar-refractivity contribution in [1.82, 2.24) is 4.90 Å². The number of hydrogen-bond acceptors (Lipinski definition) is 2. The van der Waals surface area contributed by atoms with Crippen molar-refractivity contribution in [2.75, 3.05) is 7.05 Å². The lowest BCUT2D eigenvalue weighted by atomic mass is 9.67. The molecule has 0 spiro atoms. The first-order chi connectivity index (χ1) is 10.1. The molecule has 2 aromatic carbocycles. The van der Waals surface area contributed by atoms with Crippen LogP contribution in [0.3, 0.4) is 0 Å². The van der Waals surface area contributed by atoms with Crippen LogP contribution < -0.4 is 0 Å². The second-order valence-electron chi connectivity index (χ2n) is 5.46. The summed E-state index contributed by atoms with van der Waals surface area (Å²) >= 11 is 0. The summed E-state index contributed by atoms with van der Waals surface area (Å²) in [7, 11) is 1.56. The summed E-state index contributed by atoms with van der Waals surface area (Å²) in [6.45, 7) is 1.84. The molecule has 0 radical (unpaired) electrons. The van der Waals surface area contributed by atoms with Gasteiger partial charge in [-0.05, 0) is 11.1 Å². The van der Waals surface area contributed by atoms with E-state index < -0.39 is 11.3 Å². The maximum atomic E-state index is 13.0. The Kier molecular flexibility index (Phi) is 3.13. The number of imide groups is 1. The van der Waals surface area contributed by atoms with E-state index in [9.17, 15) is 9.59 Å². The molecule has 1 atom stereocenters. The number of carbonyl (C=O) groups excluding carboxylic acids is 2. The Labute approximate surface area is 124 Å². The van der Waals surface area contributed by atoms with Gasteiger partial charge in [-0.1, -0.05) is 67.6 Å². The van der Waals surface area contributed by atoms with Crippen molar-refractivity contribution in [3.8, 4) is 0 Å². The fourth-order valence-corrected chi connectivity index (χ4v) is 3.34. The molecule has 2 aromatic rings. The van der Waals surface area contributed by atoms with Gasteiger partial charge in [-0.25, -0.2) is 0 Å². The molecule has 1 unspecified atom stereocenters. The number of benzene rings is 2. The Bertz CT molecular complexity index is 639. The van der Waals surface area contributed by atoms with E-state index in [-0.39, 0.29) is 11.8 Å². The highest BCUT2D eigenvalue weighted by Crippen LogP contribution is 2.45. The summed E-state index contributed by atoms with van der Waals surface area (Å²) in [6.07, 6.45) is 0. The third-order valence-corrected chi connectivity index (χ3v) is 4.45. The van der Waals surface area contributed by atoms with Crippen LogP contribution in [-0.4, -0.2) is 23.8 Å². The molecule has 0 aliphatic carbocycles. The van der Waals surface area contributed by atoms with Gasteiger partial charge < -0.3 is 0 Å². The molecular weight excluding hydrogens is 262 g/mol. The highest BCUT2D eigenvalue weighted by molar-refractivity contribution is 6.12. The Morgan fingerprint density at radius 2 is 1.29 bits per heavy atom. The molecule has 2 amide bonds. The van der Waals surface area contributed by atoms with Gasteiger partial charge in [0.15, 0.2) is 0 Å². The molecule has 0 bridgehead atoms. The van der Waals surface area contributed by atoms with E-state index in [0.717, 1.165) is 11.1 Å². The number of likely N-dealkylation sites (tertiary alicyclic amines) is 1. The lowest BCUT2D eigenvalue weighted by Crippen LogP contribution is -2.40. The van der Waals surface area contributed by atoms with E-state index in [1.54, 1.807) is 7.05 Å². The van der Waals surface area contributed by atoms with Gasteiger partial charge in [0.05, 0.1) is 5.92 Å². The fraction of sp³-hybridized carbons (Fsp3) is 0.222. The van der Waals surface area contributed by atoms with E-state index in [2.05, 4.69) is 0 Å². The predicted octanol–water partition coefficient (Wildman–Crippen LogP) is 2.61. The zero-order valence-corrected chi connectivity index (χ0v) is 12.1. The number of carbonyl (C=O) groups is 2. The molecule has 1 aliphatic heterocycles. The lowest BCUT2D eigenvalue weighted by molar-refractivity contribution is -0.138. The molecule has 3 nitrogen and oxygen atoms in total. The van der Waals surface area contributed by atoms with E-state index >= 15 is 0 Å². The van der Waals surface area contributed by atoms with Gasteiger partial charge in [0.25, 0.3) is 0 Å². The van der Waals surface area contributed by atoms with Crippen molar-refractivity contribution in [2.24, 2.45) is 5.92 Å². The van der Waals surface area contributed by atoms with Crippen molar-refractivity contribution in [3.05, 3.63) is 71.8 Å². The Hall–Kier alpha value is -2.42.